The molecule has 5 rings (SSSR count). The number of pyridine rings is 1. The van der Waals surface area contributed by atoms with E-state index < -0.39 is 16.0 Å². The summed E-state index contributed by atoms with van der Waals surface area (Å²) >= 11 is 0. The van der Waals surface area contributed by atoms with Gasteiger partial charge in [0.15, 0.2) is 0 Å². The molecule has 1 aliphatic rings. The molecule has 45 heavy (non-hydrogen) atoms. The number of aromatic nitrogens is 1. The zero-order valence-corrected chi connectivity index (χ0v) is 26.8. The summed E-state index contributed by atoms with van der Waals surface area (Å²) in [5, 5.41) is 4.11. The molecule has 10 heteroatoms. The van der Waals surface area contributed by atoms with Gasteiger partial charge in [0.05, 0.1) is 42.1 Å². The summed E-state index contributed by atoms with van der Waals surface area (Å²) in [4.78, 5) is 33.2. The first-order valence-electron chi connectivity index (χ1n) is 15.3. The zero-order valence-electron chi connectivity index (χ0n) is 26.0. The van der Waals surface area contributed by atoms with Crippen molar-refractivity contribution in [3.05, 3.63) is 102 Å². The second kappa shape index (κ2) is 14.3. The topological polar surface area (TPSA) is 109 Å². The number of carbonyl (C=O) groups is 2. The van der Waals surface area contributed by atoms with Crippen LogP contribution in [0.15, 0.2) is 84.9 Å². The van der Waals surface area contributed by atoms with Gasteiger partial charge in [-0.15, -0.1) is 0 Å². The van der Waals surface area contributed by atoms with Crippen LogP contribution in [-0.4, -0.2) is 73.5 Å². The molecule has 9 nitrogen and oxygen atoms in total. The number of hydrogen-bond acceptors (Lipinski definition) is 7. The van der Waals surface area contributed by atoms with Crippen molar-refractivity contribution in [1.82, 2.24) is 19.5 Å². The molecule has 1 saturated heterocycles. The maximum Gasteiger partial charge on any atom is 0.306 e. The molecular formula is C35H40N4O5S. The number of nitrogens with one attached hydrogen (secondary N) is 1. The number of fused-ring (bicyclic) bond motifs is 1. The third kappa shape index (κ3) is 7.58. The van der Waals surface area contributed by atoms with E-state index in [2.05, 4.69) is 28.8 Å². The summed E-state index contributed by atoms with van der Waals surface area (Å²) in [5.41, 5.74) is 4.78. The van der Waals surface area contributed by atoms with Crippen LogP contribution in [-0.2, 0) is 26.1 Å². The van der Waals surface area contributed by atoms with E-state index in [-0.39, 0.29) is 43.1 Å². The molecule has 0 radical (unpaired) electrons. The lowest BCUT2D eigenvalue weighted by Gasteiger charge is -2.34. The Balaban J connectivity index is 1.51. The fourth-order valence-electron chi connectivity index (χ4n) is 5.84. The van der Waals surface area contributed by atoms with E-state index in [1.807, 2.05) is 84.9 Å². The Bertz CT molecular complexity index is 1740. The highest BCUT2D eigenvalue weighted by Gasteiger charge is 2.30. The van der Waals surface area contributed by atoms with Crippen molar-refractivity contribution in [2.45, 2.75) is 32.9 Å². The lowest BCUT2D eigenvalue weighted by molar-refractivity contribution is -0.140. The van der Waals surface area contributed by atoms with Gasteiger partial charge in [-0.3, -0.25) is 14.5 Å². The van der Waals surface area contributed by atoms with Gasteiger partial charge in [0.2, 0.25) is 10.0 Å². The van der Waals surface area contributed by atoms with Crippen LogP contribution in [0.25, 0.3) is 22.2 Å². The van der Waals surface area contributed by atoms with E-state index in [1.165, 1.54) is 11.4 Å². The third-order valence-electron chi connectivity index (χ3n) is 8.28. The number of rotatable bonds is 11. The molecule has 1 atom stereocenters. The van der Waals surface area contributed by atoms with E-state index in [9.17, 15) is 18.0 Å². The number of nitrogens with zero attached hydrogens (tertiary/aromatic N) is 3. The van der Waals surface area contributed by atoms with Crippen molar-refractivity contribution in [2.75, 3.05) is 39.0 Å². The van der Waals surface area contributed by atoms with Crippen molar-refractivity contribution in [2.24, 2.45) is 5.92 Å². The summed E-state index contributed by atoms with van der Waals surface area (Å²) in [7, 11) is -2.36. The molecule has 1 N–H and O–H groups in total. The molecule has 0 spiro atoms. The number of sulfonamides is 1. The minimum absolute atomic E-state index is 0.149. The van der Waals surface area contributed by atoms with Crippen molar-refractivity contribution in [1.29, 1.82) is 0 Å². The molecule has 0 unspecified atom stereocenters. The van der Waals surface area contributed by atoms with Crippen LogP contribution < -0.4 is 5.32 Å². The lowest BCUT2D eigenvalue weighted by atomic mass is 9.93. The maximum atomic E-state index is 14.4. The van der Waals surface area contributed by atoms with Gasteiger partial charge in [-0.25, -0.2) is 13.4 Å². The summed E-state index contributed by atoms with van der Waals surface area (Å²) in [5.74, 6) is -0.856. The van der Waals surface area contributed by atoms with Gasteiger partial charge < -0.3 is 10.1 Å². The Morgan fingerprint density at radius 1 is 0.889 bits per heavy atom. The van der Waals surface area contributed by atoms with Crippen LogP contribution in [0.4, 0.5) is 0 Å². The predicted octanol–water partition coefficient (Wildman–Crippen LogP) is 5.04. The smallest absolute Gasteiger partial charge is 0.306 e. The highest BCUT2D eigenvalue weighted by Crippen LogP contribution is 2.33. The van der Waals surface area contributed by atoms with Gasteiger partial charge >= 0.3 is 5.97 Å². The fourth-order valence-corrected chi connectivity index (χ4v) is 7.24. The molecule has 0 bridgehead atoms. The standard InChI is InChI=1S/C35H40N4O5S/c1-25(2)33(26-12-6-4-7-13-26)37-35(41)32-28-16-10-11-17-30(28)36-34(27-14-8-5-9-15-27)29(32)24-38-19-21-39(22-20-38)45(42,43)23-18-31(40)44-3/h4-17,25,33H,18-24H2,1-3H3,(H,37,41)/t33-/m0/s1. The molecule has 1 amide bonds. The van der Waals surface area contributed by atoms with Crippen LogP contribution in [0.1, 0.15) is 47.8 Å². The Morgan fingerprint density at radius 3 is 2.16 bits per heavy atom. The average molecular weight is 629 g/mol. The molecule has 0 aliphatic carbocycles. The quantitative estimate of drug-likeness (QED) is 0.232. The number of esters is 1. The van der Waals surface area contributed by atoms with Gasteiger partial charge in [-0.1, -0.05) is 92.7 Å². The normalized spacial score (nSPS) is 15.2. The van der Waals surface area contributed by atoms with Crippen LogP contribution in [0.2, 0.25) is 0 Å². The number of para-hydroxylation sites is 1. The molecule has 3 aromatic carbocycles. The number of amides is 1. The average Bonchev–Trinajstić information content (AvgIpc) is 3.06. The third-order valence-corrected chi connectivity index (χ3v) is 10.1. The first-order chi connectivity index (χ1) is 21.7. The first kappa shape index (κ1) is 32.3. The molecule has 236 valence electrons. The highest BCUT2D eigenvalue weighted by atomic mass is 32.2. The van der Waals surface area contributed by atoms with Gasteiger partial charge in [0, 0.05) is 49.2 Å². The summed E-state index contributed by atoms with van der Waals surface area (Å²) in [6.45, 7) is 6.12. The largest absolute Gasteiger partial charge is 0.469 e. The van der Waals surface area contributed by atoms with Gasteiger partial charge in [0.1, 0.15) is 0 Å². The van der Waals surface area contributed by atoms with Gasteiger partial charge in [0.25, 0.3) is 5.91 Å². The summed E-state index contributed by atoms with van der Waals surface area (Å²) < 4.78 is 31.9. The van der Waals surface area contributed by atoms with E-state index in [0.29, 0.717) is 25.2 Å². The Kier molecular flexibility index (Phi) is 10.3. The first-order valence-corrected chi connectivity index (χ1v) is 16.9. The van der Waals surface area contributed by atoms with Crippen molar-refractivity contribution >= 4 is 32.8 Å². The van der Waals surface area contributed by atoms with Crippen molar-refractivity contribution in [3.8, 4) is 11.3 Å². The van der Waals surface area contributed by atoms with E-state index in [4.69, 9.17) is 4.98 Å². The van der Waals surface area contributed by atoms with Crippen LogP contribution >= 0.6 is 0 Å². The Morgan fingerprint density at radius 2 is 1.51 bits per heavy atom. The number of ether oxygens (including phenoxy) is 1. The van der Waals surface area contributed by atoms with E-state index in [1.54, 1.807) is 0 Å². The van der Waals surface area contributed by atoms with Crippen molar-refractivity contribution < 1.29 is 22.7 Å². The Hall–Kier alpha value is -4.12. The number of piperazine rings is 1. The van der Waals surface area contributed by atoms with Gasteiger partial charge in [-0.2, -0.15) is 4.31 Å². The number of hydrogen-bond donors (Lipinski definition) is 1. The molecule has 2 heterocycles. The number of methoxy groups -OCH3 is 1. The second-order valence-electron chi connectivity index (χ2n) is 11.6. The lowest BCUT2D eigenvalue weighted by Crippen LogP contribution is -2.49. The molecule has 1 aliphatic heterocycles. The van der Waals surface area contributed by atoms with E-state index in [0.717, 1.165) is 33.3 Å². The van der Waals surface area contributed by atoms with E-state index >= 15 is 0 Å². The zero-order chi connectivity index (χ0) is 32.0. The van der Waals surface area contributed by atoms with Gasteiger partial charge in [-0.05, 0) is 17.5 Å². The Labute approximate surface area is 265 Å². The molecule has 4 aromatic rings. The monoisotopic (exact) mass is 628 g/mol. The fraction of sp³-hybridized carbons (Fsp3) is 0.343. The number of carbonyl (C=O) groups excluding carboxylic acids is 2. The van der Waals surface area contributed by atoms with Crippen molar-refractivity contribution in [3.63, 3.8) is 0 Å². The molecule has 1 fully saturated rings. The predicted molar refractivity (Wildman–Crippen MR) is 176 cm³/mol. The molecular weight excluding hydrogens is 588 g/mol. The molecule has 1 aromatic heterocycles. The van der Waals surface area contributed by atoms with Crippen LogP contribution in [0.5, 0.6) is 0 Å². The minimum atomic E-state index is -3.61. The second-order valence-corrected chi connectivity index (χ2v) is 13.7. The molecule has 0 saturated carbocycles. The number of benzene rings is 3. The summed E-state index contributed by atoms with van der Waals surface area (Å²) in [6.07, 6.45) is -0.179. The maximum absolute atomic E-state index is 14.4. The minimum Gasteiger partial charge on any atom is -0.469 e. The highest BCUT2D eigenvalue weighted by molar-refractivity contribution is 7.89. The SMILES string of the molecule is COC(=O)CCS(=O)(=O)N1CCN(Cc2c(-c3ccccc3)nc3ccccc3c2C(=O)N[C@H](c2ccccc2)C(C)C)CC1. The van der Waals surface area contributed by atoms with Crippen LogP contribution in [0, 0.1) is 5.92 Å². The summed E-state index contributed by atoms with van der Waals surface area (Å²) in [6, 6.07) is 27.4. The van der Waals surface area contributed by atoms with Crippen LogP contribution in [0.3, 0.4) is 0 Å².